The van der Waals surface area contributed by atoms with Crippen LogP contribution < -0.4 is 9.08 Å². The normalized spacial score (nSPS) is 16.2. The van der Waals surface area contributed by atoms with Crippen LogP contribution in [0.4, 0.5) is 23.2 Å². The molecule has 1 saturated heterocycles. The molecule has 6 nitrogen and oxygen atoms in total. The Morgan fingerprint density at radius 1 is 1.16 bits per heavy atom. The number of hydrogen-bond donors (Lipinski definition) is 0. The highest BCUT2D eigenvalue weighted by Gasteiger charge is 2.48. The number of nitrogens with zero attached hydrogens (tertiary/aromatic N) is 2. The average Bonchev–Trinajstić information content (AvgIpc) is 2.53. The summed E-state index contributed by atoms with van der Waals surface area (Å²) in [4.78, 5) is 5.87. The van der Waals surface area contributed by atoms with Gasteiger partial charge in [-0.05, 0) is 12.1 Å². The Morgan fingerprint density at radius 2 is 1.84 bits per heavy atom. The van der Waals surface area contributed by atoms with Crippen molar-refractivity contribution in [3.8, 4) is 5.75 Å². The van der Waals surface area contributed by atoms with Gasteiger partial charge in [-0.3, -0.25) is 4.98 Å². The lowest BCUT2D eigenvalue weighted by Gasteiger charge is -2.28. The van der Waals surface area contributed by atoms with E-state index in [-0.39, 0.29) is 10.9 Å². The zero-order valence-corrected chi connectivity index (χ0v) is 13.4. The molecule has 0 unspecified atom stereocenters. The maximum Gasteiger partial charge on any atom is 0.534 e. The number of ether oxygens (including phenoxy) is 1. The lowest BCUT2D eigenvalue weighted by atomic mass is 10.2. The molecule has 0 amide bonds. The number of benzene rings is 1. The van der Waals surface area contributed by atoms with Crippen LogP contribution in [0, 0.1) is 5.82 Å². The molecule has 136 valence electrons. The summed E-state index contributed by atoms with van der Waals surface area (Å²) in [6, 6.07) is 3.05. The van der Waals surface area contributed by atoms with E-state index in [0.717, 1.165) is 6.07 Å². The van der Waals surface area contributed by atoms with E-state index in [4.69, 9.17) is 4.74 Å². The van der Waals surface area contributed by atoms with Gasteiger partial charge in [-0.2, -0.15) is 21.6 Å². The second kappa shape index (κ2) is 6.30. The van der Waals surface area contributed by atoms with Crippen molar-refractivity contribution < 1.29 is 34.9 Å². The minimum atomic E-state index is -5.88. The average molecular weight is 380 g/mol. The molecule has 0 saturated carbocycles. The summed E-state index contributed by atoms with van der Waals surface area (Å²) in [5.74, 6) is -1.76. The van der Waals surface area contributed by atoms with Gasteiger partial charge in [0.15, 0.2) is 5.82 Å². The molecule has 0 aliphatic carbocycles. The summed E-state index contributed by atoms with van der Waals surface area (Å²) < 4.78 is 82.6. The lowest BCUT2D eigenvalue weighted by Crippen LogP contribution is -2.36. The molecule has 11 heteroatoms. The molecular weight excluding hydrogens is 368 g/mol. The molecule has 0 radical (unpaired) electrons. The van der Waals surface area contributed by atoms with Gasteiger partial charge in [0, 0.05) is 24.5 Å². The third kappa shape index (κ3) is 3.61. The van der Waals surface area contributed by atoms with Crippen LogP contribution in [0.3, 0.4) is 0 Å². The van der Waals surface area contributed by atoms with Crippen LogP contribution in [-0.4, -0.2) is 45.2 Å². The van der Waals surface area contributed by atoms with E-state index < -0.39 is 27.2 Å². The summed E-state index contributed by atoms with van der Waals surface area (Å²) >= 11 is 0. The maximum absolute atomic E-state index is 14.0. The summed E-state index contributed by atoms with van der Waals surface area (Å²) in [6.45, 7) is 2.15. The predicted octanol–water partition coefficient (Wildman–Crippen LogP) is 2.44. The molecule has 1 aliphatic heterocycles. The Kier molecular flexibility index (Phi) is 4.45. The first-order valence-corrected chi connectivity index (χ1v) is 8.51. The monoisotopic (exact) mass is 380 g/mol. The van der Waals surface area contributed by atoms with E-state index in [0.29, 0.717) is 38.1 Å². The number of morpholine rings is 1. The number of aromatic nitrogens is 1. The zero-order valence-electron chi connectivity index (χ0n) is 12.6. The molecule has 1 aliphatic rings. The van der Waals surface area contributed by atoms with Gasteiger partial charge in [-0.25, -0.2) is 4.39 Å². The number of rotatable bonds is 3. The van der Waals surface area contributed by atoms with Gasteiger partial charge in [0.25, 0.3) is 0 Å². The largest absolute Gasteiger partial charge is 0.534 e. The molecule has 2 aromatic rings. The van der Waals surface area contributed by atoms with Gasteiger partial charge >= 0.3 is 15.6 Å². The molecule has 3 rings (SSSR count). The molecule has 0 spiro atoms. The third-order valence-corrected chi connectivity index (χ3v) is 4.54. The SMILES string of the molecule is O=S(=O)(Oc1cc(F)c2ncc(N3CCOCC3)cc2c1)C(F)(F)F. The van der Waals surface area contributed by atoms with Crippen LogP contribution in [0.15, 0.2) is 24.4 Å². The van der Waals surface area contributed by atoms with Crippen LogP contribution in [0.1, 0.15) is 0 Å². The minimum Gasteiger partial charge on any atom is -0.378 e. The molecular formula is C14H12F4N2O4S. The highest BCUT2D eigenvalue weighted by Crippen LogP contribution is 2.31. The summed E-state index contributed by atoms with van der Waals surface area (Å²) in [5, 5.41) is 0.122. The molecule has 1 fully saturated rings. The fourth-order valence-electron chi connectivity index (χ4n) is 2.38. The Morgan fingerprint density at radius 3 is 2.48 bits per heavy atom. The number of anilines is 1. The van der Waals surface area contributed by atoms with Crippen LogP contribution in [0.5, 0.6) is 5.75 Å². The van der Waals surface area contributed by atoms with Gasteiger partial charge in [0.1, 0.15) is 11.3 Å². The first kappa shape index (κ1) is 17.7. The molecule has 0 atom stereocenters. The second-order valence-corrected chi connectivity index (χ2v) is 6.79. The quantitative estimate of drug-likeness (QED) is 0.463. The van der Waals surface area contributed by atoms with E-state index >= 15 is 0 Å². The predicted molar refractivity (Wildman–Crippen MR) is 80.3 cm³/mol. The second-order valence-electron chi connectivity index (χ2n) is 5.25. The van der Waals surface area contributed by atoms with Crippen LogP contribution in [0.2, 0.25) is 0 Å². The third-order valence-electron chi connectivity index (χ3n) is 3.56. The minimum absolute atomic E-state index is 0.103. The molecule has 2 heterocycles. The van der Waals surface area contributed by atoms with Crippen molar-refractivity contribution in [1.29, 1.82) is 0 Å². The summed E-state index contributed by atoms with van der Waals surface area (Å²) in [5.41, 5.74) is -5.09. The van der Waals surface area contributed by atoms with Gasteiger partial charge in [-0.15, -0.1) is 0 Å². The zero-order chi connectivity index (χ0) is 18.2. The van der Waals surface area contributed by atoms with Crippen molar-refractivity contribution >= 4 is 26.7 Å². The molecule has 0 bridgehead atoms. The van der Waals surface area contributed by atoms with Crippen LogP contribution >= 0.6 is 0 Å². The van der Waals surface area contributed by atoms with Gasteiger partial charge in [-0.1, -0.05) is 0 Å². The van der Waals surface area contributed by atoms with E-state index in [1.54, 1.807) is 0 Å². The van der Waals surface area contributed by atoms with Crippen molar-refractivity contribution in [3.63, 3.8) is 0 Å². The van der Waals surface area contributed by atoms with Crippen molar-refractivity contribution in [2.45, 2.75) is 5.51 Å². The topological polar surface area (TPSA) is 68.7 Å². The Bertz CT molecular complexity index is 896. The molecule has 0 N–H and O–H groups in total. The van der Waals surface area contributed by atoms with Crippen molar-refractivity contribution in [2.24, 2.45) is 0 Å². The standard InChI is InChI=1S/C14H12F4N2O4S/c15-12-7-11(24-25(21,22)14(16,17)18)6-9-5-10(8-19-13(9)12)20-1-3-23-4-2-20/h5-8H,1-4H2. The smallest absolute Gasteiger partial charge is 0.378 e. The van der Waals surface area contributed by atoms with Gasteiger partial charge in [0.2, 0.25) is 0 Å². The van der Waals surface area contributed by atoms with Crippen LogP contribution in [0.25, 0.3) is 10.9 Å². The number of fused-ring (bicyclic) bond motifs is 1. The fraction of sp³-hybridized carbons (Fsp3) is 0.357. The van der Waals surface area contributed by atoms with E-state index in [2.05, 4.69) is 9.17 Å². The van der Waals surface area contributed by atoms with Crippen molar-refractivity contribution in [3.05, 3.63) is 30.2 Å². The maximum atomic E-state index is 14.0. The Hall–Kier alpha value is -2.14. The lowest BCUT2D eigenvalue weighted by molar-refractivity contribution is -0.0500. The van der Waals surface area contributed by atoms with Crippen molar-refractivity contribution in [1.82, 2.24) is 4.98 Å². The van der Waals surface area contributed by atoms with E-state index in [9.17, 15) is 26.0 Å². The number of halogens is 4. The van der Waals surface area contributed by atoms with Crippen molar-refractivity contribution in [2.75, 3.05) is 31.2 Å². The van der Waals surface area contributed by atoms with Gasteiger partial charge < -0.3 is 13.8 Å². The fourth-order valence-corrected chi connectivity index (χ4v) is 2.83. The Balaban J connectivity index is 1.99. The van der Waals surface area contributed by atoms with E-state index in [1.807, 2.05) is 4.90 Å². The summed E-state index contributed by atoms with van der Waals surface area (Å²) in [6.07, 6.45) is 1.43. The van der Waals surface area contributed by atoms with Gasteiger partial charge in [0.05, 0.1) is 25.1 Å². The highest BCUT2D eigenvalue weighted by atomic mass is 32.2. The first-order valence-electron chi connectivity index (χ1n) is 7.10. The molecule has 25 heavy (non-hydrogen) atoms. The first-order chi connectivity index (χ1) is 11.7. The number of pyridine rings is 1. The highest BCUT2D eigenvalue weighted by molar-refractivity contribution is 7.88. The van der Waals surface area contributed by atoms with Crippen LogP contribution in [-0.2, 0) is 14.9 Å². The number of hydrogen-bond acceptors (Lipinski definition) is 6. The van der Waals surface area contributed by atoms with E-state index in [1.165, 1.54) is 12.3 Å². The Labute approximate surface area is 140 Å². The summed E-state index contributed by atoms with van der Waals surface area (Å²) in [7, 11) is -5.88. The number of alkyl halides is 3. The molecule has 1 aromatic carbocycles. The molecule has 1 aromatic heterocycles.